The number of rotatable bonds is 13. The minimum atomic E-state index is -0.973. The highest BCUT2D eigenvalue weighted by Gasteiger charge is 2.40. The van der Waals surface area contributed by atoms with Gasteiger partial charge in [-0.3, -0.25) is 19.4 Å². The first-order chi connectivity index (χ1) is 26.8. The number of alkyl carbamates (subject to hydrolysis) is 1. The Kier molecular flexibility index (Phi) is 12.1. The van der Waals surface area contributed by atoms with Crippen LogP contribution in [0.2, 0.25) is 0 Å². The number of benzene rings is 5. The van der Waals surface area contributed by atoms with Crippen molar-refractivity contribution >= 4 is 17.9 Å². The van der Waals surface area contributed by atoms with Crippen LogP contribution in [0, 0.1) is 0 Å². The van der Waals surface area contributed by atoms with E-state index in [1.165, 1.54) is 10.5 Å². The first-order valence-corrected chi connectivity index (χ1v) is 18.5. The maximum atomic E-state index is 13.2. The number of imide groups is 1. The van der Waals surface area contributed by atoms with Gasteiger partial charge in [0, 0.05) is 25.1 Å². The van der Waals surface area contributed by atoms with Gasteiger partial charge in [0.2, 0.25) is 5.91 Å². The summed E-state index contributed by atoms with van der Waals surface area (Å²) in [6.45, 7) is 1.67. The third-order valence-corrected chi connectivity index (χ3v) is 9.96. The molecular weight excluding hydrogens is 695 g/mol. The molecule has 2 heterocycles. The highest BCUT2D eigenvalue weighted by Crippen LogP contribution is 2.39. The molecule has 0 radical (unpaired) electrons. The van der Waals surface area contributed by atoms with Crippen molar-refractivity contribution in [1.29, 1.82) is 0 Å². The number of hydrogen-bond donors (Lipinski definition) is 2. The lowest BCUT2D eigenvalue weighted by Crippen LogP contribution is -2.41. The molecule has 7 rings (SSSR count). The molecule has 3 amide bonds. The summed E-state index contributed by atoms with van der Waals surface area (Å²) in [6.07, 6.45) is -1.04. The molecule has 0 saturated carbocycles. The van der Waals surface area contributed by atoms with Crippen LogP contribution in [-0.4, -0.2) is 58.6 Å². The highest BCUT2D eigenvalue weighted by molar-refractivity contribution is 6.06. The summed E-state index contributed by atoms with van der Waals surface area (Å²) in [7, 11) is 2.10. The van der Waals surface area contributed by atoms with Crippen molar-refractivity contribution in [1.82, 2.24) is 15.1 Å². The molecule has 0 aliphatic carbocycles. The van der Waals surface area contributed by atoms with Gasteiger partial charge in [0.1, 0.15) is 12.6 Å². The number of hydrogen-bond acceptors (Lipinski definition) is 8. The Morgan fingerprint density at radius 2 is 1.45 bits per heavy atom. The van der Waals surface area contributed by atoms with Crippen LogP contribution < -0.4 is 5.32 Å². The molecular formula is C45H45N3O7. The van der Waals surface area contributed by atoms with Gasteiger partial charge in [-0.2, -0.15) is 0 Å². The van der Waals surface area contributed by atoms with E-state index in [-0.39, 0.29) is 44.3 Å². The van der Waals surface area contributed by atoms with Crippen LogP contribution >= 0.6 is 0 Å². The molecule has 2 aliphatic rings. The van der Waals surface area contributed by atoms with E-state index < -0.39 is 24.3 Å². The molecule has 4 atom stereocenters. The maximum Gasteiger partial charge on any atom is 0.408 e. The fourth-order valence-corrected chi connectivity index (χ4v) is 7.07. The third kappa shape index (κ3) is 9.72. The second-order valence-corrected chi connectivity index (χ2v) is 14.1. The first-order valence-electron chi connectivity index (χ1n) is 18.5. The fourth-order valence-electron chi connectivity index (χ4n) is 7.07. The Bertz CT molecular complexity index is 2060. The number of amides is 3. The van der Waals surface area contributed by atoms with E-state index >= 15 is 0 Å². The van der Waals surface area contributed by atoms with Crippen molar-refractivity contribution in [2.45, 2.75) is 63.7 Å². The van der Waals surface area contributed by atoms with Gasteiger partial charge in [0.05, 0.1) is 31.8 Å². The molecule has 0 spiro atoms. The number of aliphatic hydroxyl groups is 1. The zero-order chi connectivity index (χ0) is 38.1. The Balaban J connectivity index is 1.00. The van der Waals surface area contributed by atoms with E-state index in [9.17, 15) is 19.5 Å². The number of ether oxygens (including phenoxy) is 3. The maximum absolute atomic E-state index is 13.2. The quantitative estimate of drug-likeness (QED) is 0.123. The van der Waals surface area contributed by atoms with E-state index in [0.717, 1.165) is 52.0 Å². The van der Waals surface area contributed by atoms with E-state index in [1.54, 1.807) is 0 Å². The van der Waals surface area contributed by atoms with Crippen LogP contribution in [-0.2, 0) is 50.1 Å². The van der Waals surface area contributed by atoms with Gasteiger partial charge < -0.3 is 24.6 Å². The Labute approximate surface area is 321 Å². The summed E-state index contributed by atoms with van der Waals surface area (Å²) in [5.41, 5.74) is 7.50. The Hall–Kier alpha value is -5.65. The summed E-state index contributed by atoms with van der Waals surface area (Å²) in [6, 6.07) is 42.3. The van der Waals surface area contributed by atoms with Crippen LogP contribution in [0.1, 0.15) is 58.6 Å². The van der Waals surface area contributed by atoms with E-state index in [0.29, 0.717) is 6.42 Å². The molecule has 55 heavy (non-hydrogen) atoms. The number of carbonyl (C=O) groups excluding carboxylic acids is 3. The molecule has 5 aromatic rings. The first kappa shape index (κ1) is 37.7. The molecule has 2 aliphatic heterocycles. The predicted molar refractivity (Wildman–Crippen MR) is 207 cm³/mol. The van der Waals surface area contributed by atoms with Gasteiger partial charge >= 0.3 is 6.09 Å². The topological polar surface area (TPSA) is 118 Å². The number of aliphatic hydroxyl groups excluding tert-OH is 1. The van der Waals surface area contributed by atoms with Gasteiger partial charge in [-0.15, -0.1) is 0 Å². The second-order valence-electron chi connectivity index (χ2n) is 14.1. The van der Waals surface area contributed by atoms with E-state index in [1.807, 2.05) is 109 Å². The molecule has 10 nitrogen and oxygen atoms in total. The van der Waals surface area contributed by atoms with E-state index in [4.69, 9.17) is 14.2 Å². The van der Waals surface area contributed by atoms with Crippen molar-refractivity contribution in [2.24, 2.45) is 0 Å². The highest BCUT2D eigenvalue weighted by atomic mass is 16.7. The minimum Gasteiger partial charge on any atom is -0.445 e. The average Bonchev–Trinajstić information content (AvgIpc) is 3.47. The molecule has 2 fully saturated rings. The molecule has 5 aromatic carbocycles. The van der Waals surface area contributed by atoms with Gasteiger partial charge in [-0.05, 0) is 52.1 Å². The SMILES string of the molecule is CN(Cc1ccccc1)C[C@H]1C[C@@H](c2ccc(CO)cc2)O[C@@H](c2ccc(-c3cccc(CN4C(=O)CC(NC(=O)OCc5ccccc5)C4=O)c3)cc2)O1. The average molecular weight is 740 g/mol. The normalized spacial score (nSPS) is 19.8. The third-order valence-electron chi connectivity index (χ3n) is 9.96. The summed E-state index contributed by atoms with van der Waals surface area (Å²) in [5, 5.41) is 12.1. The van der Waals surface area contributed by atoms with Crippen LogP contribution in [0.15, 0.2) is 133 Å². The summed E-state index contributed by atoms with van der Waals surface area (Å²) >= 11 is 0. The number of likely N-dealkylation sites (N-methyl/N-ethyl adjacent to an activating group) is 1. The van der Waals surface area contributed by atoms with Crippen LogP contribution in [0.4, 0.5) is 4.79 Å². The second kappa shape index (κ2) is 17.7. The van der Waals surface area contributed by atoms with Gasteiger partial charge in [0.15, 0.2) is 6.29 Å². The lowest BCUT2D eigenvalue weighted by atomic mass is 9.99. The smallest absolute Gasteiger partial charge is 0.408 e. The molecule has 282 valence electrons. The molecule has 0 bridgehead atoms. The van der Waals surface area contributed by atoms with Crippen molar-refractivity contribution in [3.8, 4) is 11.1 Å². The predicted octanol–water partition coefficient (Wildman–Crippen LogP) is 7.08. The Morgan fingerprint density at radius 1 is 0.782 bits per heavy atom. The number of likely N-dealkylation sites (tertiary alicyclic amines) is 1. The van der Waals surface area contributed by atoms with Crippen LogP contribution in [0.3, 0.4) is 0 Å². The number of nitrogens with one attached hydrogen (secondary N) is 1. The fraction of sp³-hybridized carbons (Fsp3) is 0.267. The Morgan fingerprint density at radius 3 is 2.16 bits per heavy atom. The van der Waals surface area contributed by atoms with Crippen molar-refractivity contribution in [3.63, 3.8) is 0 Å². The monoisotopic (exact) mass is 739 g/mol. The lowest BCUT2D eigenvalue weighted by molar-refractivity contribution is -0.252. The number of nitrogens with zero attached hydrogens (tertiary/aromatic N) is 2. The summed E-state index contributed by atoms with van der Waals surface area (Å²) in [5.74, 6) is -0.816. The van der Waals surface area contributed by atoms with Crippen molar-refractivity contribution in [2.75, 3.05) is 13.6 Å². The zero-order valence-corrected chi connectivity index (χ0v) is 30.8. The van der Waals surface area contributed by atoms with Crippen LogP contribution in [0.25, 0.3) is 11.1 Å². The molecule has 2 saturated heterocycles. The van der Waals surface area contributed by atoms with E-state index in [2.05, 4.69) is 41.5 Å². The van der Waals surface area contributed by atoms with Gasteiger partial charge in [-0.1, -0.05) is 127 Å². The van der Waals surface area contributed by atoms with Gasteiger partial charge in [-0.25, -0.2) is 4.79 Å². The summed E-state index contributed by atoms with van der Waals surface area (Å²) in [4.78, 5) is 41.9. The number of carbonyl (C=O) groups is 3. The lowest BCUT2D eigenvalue weighted by Gasteiger charge is -2.38. The molecule has 0 aromatic heterocycles. The summed E-state index contributed by atoms with van der Waals surface area (Å²) < 4.78 is 18.4. The standard InChI is InChI=1S/C45H45N3O7/c1-47(26-31-9-4-2-5-10-31)28-39-24-41(36-17-15-32(29-49)16-18-36)55-44(54-39)37-21-19-35(20-22-37)38-14-8-13-34(23-38)27-48-42(50)25-40(43(48)51)46-45(52)53-30-33-11-6-3-7-12-33/h2-23,39-41,44,49H,24-30H2,1H3,(H,46,52)/t39-,40?,41+,44+/m1/s1. The van der Waals surface area contributed by atoms with Gasteiger partial charge in [0.25, 0.3) is 5.91 Å². The molecule has 2 N–H and O–H groups in total. The largest absolute Gasteiger partial charge is 0.445 e. The van der Waals surface area contributed by atoms with Crippen molar-refractivity contribution < 1.29 is 33.7 Å². The van der Waals surface area contributed by atoms with Crippen molar-refractivity contribution in [3.05, 3.63) is 167 Å². The minimum absolute atomic E-state index is 0.0138. The molecule has 10 heteroatoms. The zero-order valence-electron chi connectivity index (χ0n) is 30.8. The van der Waals surface area contributed by atoms with Crippen LogP contribution in [0.5, 0.6) is 0 Å². The molecule has 1 unspecified atom stereocenters.